The summed E-state index contributed by atoms with van der Waals surface area (Å²) in [6, 6.07) is 8.17. The molecule has 0 bridgehead atoms. The molecule has 1 atom stereocenters. The van der Waals surface area contributed by atoms with Gasteiger partial charge in [0.05, 0.1) is 0 Å². The average Bonchev–Trinajstić information content (AvgIpc) is 2.13. The minimum Gasteiger partial charge on any atom is -0.300 e. The maximum Gasteiger partial charge on any atom is 0.133 e. The summed E-state index contributed by atoms with van der Waals surface area (Å²) in [5.74, 6) is 0.825. The van der Waals surface area contributed by atoms with Crippen molar-refractivity contribution in [3.63, 3.8) is 0 Å². The molecule has 0 aromatic heterocycles. The lowest BCUT2D eigenvalue weighted by atomic mass is 9.86. The van der Waals surface area contributed by atoms with Crippen molar-refractivity contribution in [2.24, 2.45) is 11.8 Å². The van der Waals surface area contributed by atoms with Crippen LogP contribution in [0.25, 0.3) is 0 Å². The van der Waals surface area contributed by atoms with Gasteiger partial charge in [0.15, 0.2) is 0 Å². The van der Waals surface area contributed by atoms with Crippen LogP contribution in [-0.4, -0.2) is 5.78 Å². The number of carbonyl (C=O) groups is 1. The molecule has 0 aliphatic rings. The zero-order valence-electron chi connectivity index (χ0n) is 9.46. The molecule has 0 spiro atoms. The number of Topliss-reactive ketones (excluding diaryl/α,β-unsaturated/α-hetero) is 1. The van der Waals surface area contributed by atoms with Gasteiger partial charge in [0.2, 0.25) is 0 Å². The van der Waals surface area contributed by atoms with E-state index in [0.717, 1.165) is 10.9 Å². The summed E-state index contributed by atoms with van der Waals surface area (Å²) >= 11 is 3.44. The van der Waals surface area contributed by atoms with Gasteiger partial charge >= 0.3 is 0 Å². The number of carbonyl (C=O) groups excluding carboxylic acids is 1. The van der Waals surface area contributed by atoms with Gasteiger partial charge in [0, 0.05) is 10.4 Å². The molecule has 0 N–H and O–H groups in total. The van der Waals surface area contributed by atoms with E-state index in [1.165, 1.54) is 5.56 Å². The van der Waals surface area contributed by atoms with E-state index >= 15 is 0 Å². The van der Waals surface area contributed by atoms with Gasteiger partial charge in [-0.25, -0.2) is 0 Å². The van der Waals surface area contributed by atoms with Crippen molar-refractivity contribution in [3.05, 3.63) is 34.3 Å². The van der Waals surface area contributed by atoms with E-state index in [1.807, 2.05) is 12.1 Å². The van der Waals surface area contributed by atoms with Crippen LogP contribution in [0, 0.1) is 11.8 Å². The molecule has 0 radical (unpaired) electrons. The molecule has 1 rings (SSSR count). The standard InChI is InChI=1S/C13H17BrO/c1-9(2)13(10(3)15)8-11-5-4-6-12(14)7-11/h4-7,9,13H,8H2,1-3H3. The number of hydrogen-bond donors (Lipinski definition) is 0. The van der Waals surface area contributed by atoms with Crippen LogP contribution in [0.3, 0.4) is 0 Å². The quantitative estimate of drug-likeness (QED) is 0.811. The first-order chi connectivity index (χ1) is 7.00. The predicted molar refractivity (Wildman–Crippen MR) is 66.9 cm³/mol. The van der Waals surface area contributed by atoms with Gasteiger partial charge in [-0.15, -0.1) is 0 Å². The molecule has 0 amide bonds. The lowest BCUT2D eigenvalue weighted by Gasteiger charge is -2.17. The highest BCUT2D eigenvalue weighted by Crippen LogP contribution is 2.20. The van der Waals surface area contributed by atoms with Crippen LogP contribution in [0.2, 0.25) is 0 Å². The Kier molecular flexibility index (Phi) is 4.52. The van der Waals surface area contributed by atoms with E-state index < -0.39 is 0 Å². The Morgan fingerprint density at radius 1 is 1.40 bits per heavy atom. The second kappa shape index (κ2) is 5.45. The number of halogens is 1. The fourth-order valence-electron chi connectivity index (χ4n) is 1.77. The van der Waals surface area contributed by atoms with Crippen molar-refractivity contribution in [2.45, 2.75) is 27.2 Å². The molecule has 0 aliphatic carbocycles. The van der Waals surface area contributed by atoms with Crippen LogP contribution in [0.5, 0.6) is 0 Å². The van der Waals surface area contributed by atoms with Gasteiger partial charge in [-0.2, -0.15) is 0 Å². The fourth-order valence-corrected chi connectivity index (χ4v) is 2.21. The lowest BCUT2D eigenvalue weighted by molar-refractivity contribution is -0.121. The molecule has 0 aliphatic heterocycles. The number of benzene rings is 1. The molecule has 0 fully saturated rings. The van der Waals surface area contributed by atoms with Crippen molar-refractivity contribution in [3.8, 4) is 0 Å². The monoisotopic (exact) mass is 268 g/mol. The minimum atomic E-state index is 0.138. The first kappa shape index (κ1) is 12.4. The predicted octanol–water partition coefficient (Wildman–Crippen LogP) is 3.85. The van der Waals surface area contributed by atoms with Gasteiger partial charge in [0.25, 0.3) is 0 Å². The largest absolute Gasteiger partial charge is 0.300 e. The van der Waals surface area contributed by atoms with Crippen LogP contribution >= 0.6 is 15.9 Å². The Labute approximate surface area is 100 Å². The molecule has 0 saturated heterocycles. The third-order valence-electron chi connectivity index (χ3n) is 2.67. The highest BCUT2D eigenvalue weighted by Gasteiger charge is 2.18. The Morgan fingerprint density at radius 2 is 2.07 bits per heavy atom. The van der Waals surface area contributed by atoms with Gasteiger partial charge in [-0.05, 0) is 37.0 Å². The van der Waals surface area contributed by atoms with Crippen molar-refractivity contribution in [2.75, 3.05) is 0 Å². The third kappa shape index (κ3) is 3.78. The Balaban J connectivity index is 2.79. The summed E-state index contributed by atoms with van der Waals surface area (Å²) < 4.78 is 1.08. The zero-order chi connectivity index (χ0) is 11.4. The summed E-state index contributed by atoms with van der Waals surface area (Å²) in [7, 11) is 0. The topological polar surface area (TPSA) is 17.1 Å². The van der Waals surface area contributed by atoms with Gasteiger partial charge in [-0.3, -0.25) is 4.79 Å². The molecule has 1 nitrogen and oxygen atoms in total. The van der Waals surface area contributed by atoms with Crippen LogP contribution in [0.4, 0.5) is 0 Å². The second-order valence-electron chi connectivity index (χ2n) is 4.30. The summed E-state index contributed by atoms with van der Waals surface area (Å²) in [4.78, 5) is 11.5. The summed E-state index contributed by atoms with van der Waals surface area (Å²) in [5, 5.41) is 0. The zero-order valence-corrected chi connectivity index (χ0v) is 11.0. The van der Waals surface area contributed by atoms with E-state index in [4.69, 9.17) is 0 Å². The number of rotatable bonds is 4. The molecule has 0 saturated carbocycles. The molecular formula is C13H17BrO. The maximum atomic E-state index is 11.5. The molecule has 82 valence electrons. The van der Waals surface area contributed by atoms with Crippen LogP contribution in [-0.2, 0) is 11.2 Å². The first-order valence-corrected chi connectivity index (χ1v) is 6.05. The van der Waals surface area contributed by atoms with E-state index in [1.54, 1.807) is 6.92 Å². The van der Waals surface area contributed by atoms with E-state index in [9.17, 15) is 4.79 Å². The molecule has 1 aromatic rings. The normalized spacial score (nSPS) is 12.9. The van der Waals surface area contributed by atoms with Crippen molar-refractivity contribution < 1.29 is 4.79 Å². The van der Waals surface area contributed by atoms with E-state index in [2.05, 4.69) is 41.9 Å². The molecule has 0 heterocycles. The minimum absolute atomic E-state index is 0.138. The van der Waals surface area contributed by atoms with Crippen molar-refractivity contribution in [1.82, 2.24) is 0 Å². The summed E-state index contributed by atoms with van der Waals surface area (Å²) in [6.45, 7) is 5.89. The highest BCUT2D eigenvalue weighted by atomic mass is 79.9. The number of hydrogen-bond acceptors (Lipinski definition) is 1. The molecule has 1 unspecified atom stereocenters. The van der Waals surface area contributed by atoms with Crippen molar-refractivity contribution >= 4 is 21.7 Å². The van der Waals surface area contributed by atoms with Crippen LogP contribution in [0.1, 0.15) is 26.3 Å². The smallest absolute Gasteiger partial charge is 0.133 e. The second-order valence-corrected chi connectivity index (χ2v) is 5.21. The van der Waals surface area contributed by atoms with Crippen molar-refractivity contribution in [1.29, 1.82) is 0 Å². The molecule has 1 aromatic carbocycles. The Morgan fingerprint density at radius 3 is 2.53 bits per heavy atom. The average molecular weight is 269 g/mol. The Hall–Kier alpha value is -0.630. The summed E-state index contributed by atoms with van der Waals surface area (Å²) in [5.41, 5.74) is 1.22. The number of ketones is 1. The Bertz CT molecular complexity index is 344. The highest BCUT2D eigenvalue weighted by molar-refractivity contribution is 9.10. The first-order valence-electron chi connectivity index (χ1n) is 5.25. The molecule has 15 heavy (non-hydrogen) atoms. The van der Waals surface area contributed by atoms with Crippen LogP contribution in [0.15, 0.2) is 28.7 Å². The van der Waals surface area contributed by atoms with E-state index in [-0.39, 0.29) is 11.7 Å². The van der Waals surface area contributed by atoms with Crippen LogP contribution < -0.4 is 0 Å². The van der Waals surface area contributed by atoms with Gasteiger partial charge in [0.1, 0.15) is 5.78 Å². The van der Waals surface area contributed by atoms with Gasteiger partial charge < -0.3 is 0 Å². The third-order valence-corrected chi connectivity index (χ3v) is 3.16. The molecular weight excluding hydrogens is 252 g/mol. The maximum absolute atomic E-state index is 11.5. The fraction of sp³-hybridized carbons (Fsp3) is 0.462. The SMILES string of the molecule is CC(=O)C(Cc1cccc(Br)c1)C(C)C. The molecule has 2 heteroatoms. The van der Waals surface area contributed by atoms with Gasteiger partial charge in [-0.1, -0.05) is 41.9 Å². The summed E-state index contributed by atoms with van der Waals surface area (Å²) in [6.07, 6.45) is 0.840. The lowest BCUT2D eigenvalue weighted by Crippen LogP contribution is -2.20. The van der Waals surface area contributed by atoms with E-state index in [0.29, 0.717) is 5.92 Å².